The molecule has 2 saturated heterocycles. The van der Waals surface area contributed by atoms with Crippen molar-refractivity contribution in [3.8, 4) is 11.3 Å². The van der Waals surface area contributed by atoms with Crippen molar-refractivity contribution in [2.45, 2.75) is 77.8 Å². The molecule has 2 bridgehead atoms. The number of rotatable bonds is 4. The Morgan fingerprint density at radius 1 is 1.11 bits per heavy atom. The zero-order chi connectivity index (χ0) is 25.8. The maximum Gasteiger partial charge on any atom is 0.158 e. The van der Waals surface area contributed by atoms with E-state index in [0.29, 0.717) is 35.3 Å². The summed E-state index contributed by atoms with van der Waals surface area (Å²) in [6, 6.07) is 0.775. The third kappa shape index (κ3) is 3.49. The van der Waals surface area contributed by atoms with E-state index in [1.807, 2.05) is 15.9 Å². The number of H-pyrrole nitrogens is 1. The van der Waals surface area contributed by atoms with E-state index in [9.17, 15) is 8.42 Å². The predicted octanol–water partition coefficient (Wildman–Crippen LogP) is 5.35. The standard InChI is InChI=1S/C28H35N5O2S2/c1-14(2)23-24-17(5)26(21-9-20-8-18(21)10-32(20)19-6-7-37(34,35)12-19)36-28(24)31-25(23)22-11-33-27(29-13-30-33)16(4)15(22)3/h11,13-14,18-21,31H,6-10,12H2,1-5H3/t18?,19?,20?,21-/m1/s1. The highest BCUT2D eigenvalue weighted by molar-refractivity contribution is 7.91. The number of piperidine rings is 1. The van der Waals surface area contributed by atoms with Gasteiger partial charge in [0, 0.05) is 40.7 Å². The number of pyridine rings is 1. The Morgan fingerprint density at radius 3 is 2.59 bits per heavy atom. The van der Waals surface area contributed by atoms with Crippen molar-refractivity contribution in [1.29, 1.82) is 0 Å². The molecule has 3 aliphatic rings. The zero-order valence-electron chi connectivity index (χ0n) is 22.2. The summed E-state index contributed by atoms with van der Waals surface area (Å²) in [6.45, 7) is 12.3. The van der Waals surface area contributed by atoms with Crippen LogP contribution in [0, 0.1) is 26.7 Å². The van der Waals surface area contributed by atoms with E-state index in [2.05, 4.69) is 60.8 Å². The van der Waals surface area contributed by atoms with E-state index in [-0.39, 0.29) is 6.04 Å². The zero-order valence-corrected chi connectivity index (χ0v) is 23.8. The fourth-order valence-corrected chi connectivity index (χ4v) is 10.8. The topological polar surface area (TPSA) is 83.4 Å². The van der Waals surface area contributed by atoms with Crippen LogP contribution in [0.3, 0.4) is 0 Å². The molecule has 9 heteroatoms. The Hall–Kier alpha value is -2.23. The van der Waals surface area contributed by atoms with Gasteiger partial charge < -0.3 is 4.98 Å². The predicted molar refractivity (Wildman–Crippen MR) is 149 cm³/mol. The number of thiophene rings is 1. The van der Waals surface area contributed by atoms with E-state index in [0.717, 1.165) is 25.0 Å². The smallest absolute Gasteiger partial charge is 0.158 e. The monoisotopic (exact) mass is 537 g/mol. The largest absolute Gasteiger partial charge is 0.346 e. The minimum absolute atomic E-state index is 0.240. The fourth-order valence-electron chi connectivity index (χ4n) is 7.64. The van der Waals surface area contributed by atoms with Crippen LogP contribution in [-0.2, 0) is 9.84 Å². The molecule has 0 spiro atoms. The lowest BCUT2D eigenvalue weighted by molar-refractivity contribution is 0.153. The van der Waals surface area contributed by atoms with Gasteiger partial charge in [0.15, 0.2) is 15.5 Å². The molecule has 0 amide bonds. The molecule has 0 aromatic carbocycles. The van der Waals surface area contributed by atoms with Gasteiger partial charge in [0.2, 0.25) is 0 Å². The lowest BCUT2D eigenvalue weighted by atomic mass is 9.88. The minimum Gasteiger partial charge on any atom is -0.346 e. The van der Waals surface area contributed by atoms with Crippen LogP contribution >= 0.6 is 11.3 Å². The van der Waals surface area contributed by atoms with Crippen LogP contribution in [0.1, 0.15) is 72.1 Å². The number of hydrogen-bond donors (Lipinski definition) is 1. The van der Waals surface area contributed by atoms with Gasteiger partial charge in [0.1, 0.15) is 11.2 Å². The van der Waals surface area contributed by atoms with Crippen molar-refractivity contribution in [3.63, 3.8) is 0 Å². The summed E-state index contributed by atoms with van der Waals surface area (Å²) in [5.74, 6) is 2.34. The van der Waals surface area contributed by atoms with Gasteiger partial charge in [-0.05, 0) is 80.0 Å². The highest BCUT2D eigenvalue weighted by Crippen LogP contribution is 2.53. The summed E-state index contributed by atoms with van der Waals surface area (Å²) < 4.78 is 26.0. The lowest BCUT2D eigenvalue weighted by Crippen LogP contribution is -2.43. The molecule has 1 saturated carbocycles. The first-order chi connectivity index (χ1) is 17.6. The number of hydrogen-bond acceptors (Lipinski definition) is 6. The van der Waals surface area contributed by atoms with Crippen LogP contribution in [-0.4, -0.2) is 63.0 Å². The number of aromatic nitrogens is 4. The number of sulfone groups is 1. The SMILES string of the molecule is Cc1c(-c2[nH]c3sc([C@@H]4CC5CC4CN5C4CCS(=O)(=O)C4)c(C)c3c2C(C)C)cn2ncnc2c1C. The first-order valence-corrected chi connectivity index (χ1v) is 16.2. The van der Waals surface area contributed by atoms with Gasteiger partial charge in [-0.25, -0.2) is 17.9 Å². The second-order valence-corrected chi connectivity index (χ2v) is 15.2. The molecule has 4 aromatic heterocycles. The van der Waals surface area contributed by atoms with E-state index >= 15 is 0 Å². The van der Waals surface area contributed by atoms with Gasteiger partial charge in [-0.2, -0.15) is 5.10 Å². The van der Waals surface area contributed by atoms with Crippen molar-refractivity contribution in [1.82, 2.24) is 24.5 Å². The minimum atomic E-state index is -2.84. The third-order valence-corrected chi connectivity index (χ3v) is 12.6. The molecule has 0 radical (unpaired) electrons. The summed E-state index contributed by atoms with van der Waals surface area (Å²) in [6.07, 6.45) is 6.94. The molecular weight excluding hydrogens is 502 g/mol. The molecule has 1 N–H and O–H groups in total. The number of aryl methyl sites for hydroxylation is 2. The fraction of sp³-hybridized carbons (Fsp3) is 0.571. The highest BCUT2D eigenvalue weighted by atomic mass is 32.2. The number of likely N-dealkylation sites (tertiary alicyclic amines) is 1. The molecule has 2 aliphatic heterocycles. The molecule has 7 nitrogen and oxygen atoms in total. The molecule has 3 fully saturated rings. The number of aromatic amines is 1. The first-order valence-electron chi connectivity index (χ1n) is 13.5. The van der Waals surface area contributed by atoms with E-state index in [1.165, 1.54) is 50.1 Å². The van der Waals surface area contributed by atoms with E-state index in [4.69, 9.17) is 0 Å². The van der Waals surface area contributed by atoms with Crippen LogP contribution in [0.5, 0.6) is 0 Å². The van der Waals surface area contributed by atoms with Crippen LogP contribution < -0.4 is 0 Å². The molecule has 7 rings (SSSR count). The van der Waals surface area contributed by atoms with E-state index < -0.39 is 9.84 Å². The summed E-state index contributed by atoms with van der Waals surface area (Å²) in [7, 11) is -2.84. The van der Waals surface area contributed by atoms with Crippen molar-refractivity contribution >= 4 is 37.0 Å². The van der Waals surface area contributed by atoms with Crippen LogP contribution in [0.4, 0.5) is 0 Å². The van der Waals surface area contributed by atoms with Crippen molar-refractivity contribution in [2.24, 2.45) is 5.92 Å². The summed E-state index contributed by atoms with van der Waals surface area (Å²) in [5.41, 5.74) is 8.58. The molecular formula is C28H35N5O2S2. The van der Waals surface area contributed by atoms with Crippen LogP contribution in [0.25, 0.3) is 27.1 Å². The molecule has 3 unspecified atom stereocenters. The molecule has 37 heavy (non-hydrogen) atoms. The molecule has 6 heterocycles. The Morgan fingerprint density at radius 2 is 1.92 bits per heavy atom. The van der Waals surface area contributed by atoms with Gasteiger partial charge in [0.25, 0.3) is 0 Å². The van der Waals surface area contributed by atoms with Gasteiger partial charge in [0.05, 0.1) is 17.2 Å². The van der Waals surface area contributed by atoms with Gasteiger partial charge >= 0.3 is 0 Å². The van der Waals surface area contributed by atoms with Gasteiger partial charge in [-0.1, -0.05) is 13.8 Å². The quantitative estimate of drug-likeness (QED) is 0.379. The number of fused-ring (bicyclic) bond motifs is 4. The second-order valence-electron chi connectivity index (χ2n) is 11.9. The number of nitrogens with one attached hydrogen (secondary N) is 1. The maximum atomic E-state index is 12.1. The van der Waals surface area contributed by atoms with E-state index in [1.54, 1.807) is 11.2 Å². The number of nitrogens with zero attached hydrogens (tertiary/aromatic N) is 4. The van der Waals surface area contributed by atoms with Crippen LogP contribution in [0.15, 0.2) is 12.5 Å². The Bertz CT molecular complexity index is 1660. The van der Waals surface area contributed by atoms with Crippen molar-refractivity contribution in [3.05, 3.63) is 39.7 Å². The van der Waals surface area contributed by atoms with Gasteiger partial charge in [-0.3, -0.25) is 4.90 Å². The molecule has 1 aliphatic carbocycles. The normalized spacial score (nSPS) is 27.5. The van der Waals surface area contributed by atoms with Crippen molar-refractivity contribution < 1.29 is 8.42 Å². The Balaban J connectivity index is 1.25. The van der Waals surface area contributed by atoms with Crippen LogP contribution in [0.2, 0.25) is 0 Å². The molecule has 4 aromatic rings. The lowest BCUT2D eigenvalue weighted by Gasteiger charge is -2.35. The molecule has 196 valence electrons. The summed E-state index contributed by atoms with van der Waals surface area (Å²) in [5, 5.41) is 5.83. The highest BCUT2D eigenvalue weighted by Gasteiger charge is 2.49. The van der Waals surface area contributed by atoms with Gasteiger partial charge in [-0.15, -0.1) is 11.3 Å². The summed E-state index contributed by atoms with van der Waals surface area (Å²) in [4.78, 5) is 13.7. The third-order valence-electron chi connectivity index (χ3n) is 9.53. The summed E-state index contributed by atoms with van der Waals surface area (Å²) >= 11 is 1.95. The average molecular weight is 538 g/mol. The first kappa shape index (κ1) is 23.9. The molecule has 4 atom stereocenters. The van der Waals surface area contributed by atoms with Crippen molar-refractivity contribution in [2.75, 3.05) is 18.1 Å². The second kappa shape index (κ2) is 8.13. The maximum absolute atomic E-state index is 12.1. The Kier molecular flexibility index (Phi) is 5.24. The average Bonchev–Trinajstić information content (AvgIpc) is 3.66. The Labute approximate surface area is 222 Å².